The van der Waals surface area contributed by atoms with E-state index in [0.29, 0.717) is 23.7 Å². The number of carboxylic acids is 1. The van der Waals surface area contributed by atoms with E-state index in [1.807, 2.05) is 54.8 Å². The molecule has 30 heavy (non-hydrogen) atoms. The van der Waals surface area contributed by atoms with Crippen LogP contribution in [-0.2, 0) is 6.54 Å². The number of furan rings is 1. The number of rotatable bonds is 6. The monoisotopic (exact) mass is 403 g/mol. The second-order valence-electron chi connectivity index (χ2n) is 7.18. The molecule has 2 N–H and O–H groups in total. The molecule has 1 amide bonds. The third-order valence-corrected chi connectivity index (χ3v) is 4.92. The summed E-state index contributed by atoms with van der Waals surface area (Å²) in [4.78, 5) is 28.5. The zero-order valence-corrected chi connectivity index (χ0v) is 16.6. The van der Waals surface area contributed by atoms with Gasteiger partial charge >= 0.3 is 5.97 Å². The summed E-state index contributed by atoms with van der Waals surface area (Å²) in [5.41, 5.74) is 3.32. The van der Waals surface area contributed by atoms with Crippen LogP contribution >= 0.6 is 0 Å². The molecule has 2 aromatic heterocycles. The van der Waals surface area contributed by atoms with Gasteiger partial charge in [-0.05, 0) is 50.2 Å². The lowest BCUT2D eigenvalue weighted by Crippen LogP contribution is -2.28. The van der Waals surface area contributed by atoms with Crippen LogP contribution in [0.15, 0.2) is 65.1 Å². The highest BCUT2D eigenvalue weighted by molar-refractivity contribution is 5.94. The number of aromatic carboxylic acids is 1. The first-order valence-corrected chi connectivity index (χ1v) is 9.57. The zero-order chi connectivity index (χ0) is 21.3. The van der Waals surface area contributed by atoms with Crippen LogP contribution in [-0.4, -0.2) is 26.5 Å². The van der Waals surface area contributed by atoms with Crippen LogP contribution in [0.5, 0.6) is 0 Å². The van der Waals surface area contributed by atoms with Crippen molar-refractivity contribution in [3.8, 4) is 0 Å². The number of imidazole rings is 1. The number of amides is 1. The number of hydrogen-bond acceptors (Lipinski definition) is 4. The van der Waals surface area contributed by atoms with Gasteiger partial charge in [0.1, 0.15) is 11.6 Å². The van der Waals surface area contributed by atoms with Crippen molar-refractivity contribution in [3.05, 3.63) is 89.1 Å². The van der Waals surface area contributed by atoms with Gasteiger partial charge in [0.15, 0.2) is 0 Å². The first-order valence-electron chi connectivity index (χ1n) is 9.57. The van der Waals surface area contributed by atoms with E-state index >= 15 is 0 Å². The molecule has 0 saturated carbocycles. The van der Waals surface area contributed by atoms with Crippen LogP contribution in [0.1, 0.15) is 51.0 Å². The van der Waals surface area contributed by atoms with E-state index in [9.17, 15) is 9.59 Å². The first-order chi connectivity index (χ1) is 14.4. The van der Waals surface area contributed by atoms with Crippen molar-refractivity contribution >= 4 is 22.9 Å². The second-order valence-corrected chi connectivity index (χ2v) is 7.18. The maximum atomic E-state index is 12.7. The summed E-state index contributed by atoms with van der Waals surface area (Å²) in [6.07, 6.45) is 0. The Labute approximate surface area is 173 Å². The molecule has 2 aromatic carbocycles. The van der Waals surface area contributed by atoms with E-state index in [-0.39, 0.29) is 17.7 Å². The lowest BCUT2D eigenvalue weighted by atomic mass is 10.1. The summed E-state index contributed by atoms with van der Waals surface area (Å²) in [6.45, 7) is 4.14. The highest BCUT2D eigenvalue weighted by Gasteiger charge is 2.20. The minimum Gasteiger partial charge on any atom is -0.475 e. The van der Waals surface area contributed by atoms with Crippen LogP contribution in [0.3, 0.4) is 0 Å². The minimum atomic E-state index is -1.12. The van der Waals surface area contributed by atoms with Gasteiger partial charge in [0.05, 0.1) is 23.6 Å². The lowest BCUT2D eigenvalue weighted by Gasteiger charge is -2.16. The maximum absolute atomic E-state index is 12.7. The Morgan fingerprint density at radius 2 is 1.83 bits per heavy atom. The number of carboxylic acid groups (broad SMARTS) is 1. The van der Waals surface area contributed by atoms with Gasteiger partial charge in [-0.25, -0.2) is 9.78 Å². The van der Waals surface area contributed by atoms with Crippen LogP contribution in [0.2, 0.25) is 0 Å². The SMILES string of the molecule is Cc1ccc(C(=O)NC(C)c2nc3ccccc3n2Cc2ccc(C(=O)O)o2)cc1. The average Bonchev–Trinajstić information content (AvgIpc) is 3.34. The van der Waals surface area contributed by atoms with Crippen LogP contribution in [0, 0.1) is 6.92 Å². The van der Waals surface area contributed by atoms with E-state index in [0.717, 1.165) is 16.6 Å². The number of carbonyl (C=O) groups is 2. The van der Waals surface area contributed by atoms with Gasteiger partial charge in [-0.2, -0.15) is 0 Å². The fourth-order valence-electron chi connectivity index (χ4n) is 3.37. The number of para-hydroxylation sites is 2. The lowest BCUT2D eigenvalue weighted by molar-refractivity contribution is 0.0660. The number of aryl methyl sites for hydroxylation is 1. The Morgan fingerprint density at radius 3 is 2.53 bits per heavy atom. The molecule has 0 aliphatic carbocycles. The molecule has 7 nitrogen and oxygen atoms in total. The van der Waals surface area contributed by atoms with Crippen molar-refractivity contribution in [2.45, 2.75) is 26.4 Å². The molecule has 1 atom stereocenters. The normalized spacial score (nSPS) is 12.1. The van der Waals surface area contributed by atoms with E-state index in [1.165, 1.54) is 6.07 Å². The summed E-state index contributed by atoms with van der Waals surface area (Å²) in [6, 6.07) is 17.7. The van der Waals surface area contributed by atoms with E-state index in [4.69, 9.17) is 14.5 Å². The molecule has 0 fully saturated rings. The molecule has 7 heteroatoms. The van der Waals surface area contributed by atoms with Crippen molar-refractivity contribution < 1.29 is 19.1 Å². The number of aromatic nitrogens is 2. The Morgan fingerprint density at radius 1 is 1.10 bits per heavy atom. The summed E-state index contributed by atoms with van der Waals surface area (Å²) >= 11 is 0. The molecular formula is C23H21N3O4. The van der Waals surface area contributed by atoms with E-state index in [1.54, 1.807) is 18.2 Å². The molecule has 0 spiro atoms. The standard InChI is InChI=1S/C23H21N3O4/c1-14-7-9-16(10-8-14)22(27)24-15(2)21-25-18-5-3-4-6-19(18)26(21)13-17-11-12-20(30-17)23(28)29/h3-12,15H,13H2,1-2H3,(H,24,27)(H,28,29). The van der Waals surface area contributed by atoms with Crippen molar-refractivity contribution in [2.24, 2.45) is 0 Å². The Bertz CT molecular complexity index is 1220. The predicted octanol–water partition coefficient (Wildman–Crippen LogP) is 4.18. The fraction of sp³-hybridized carbons (Fsp3) is 0.174. The van der Waals surface area contributed by atoms with Gasteiger partial charge < -0.3 is 19.4 Å². The van der Waals surface area contributed by atoms with Gasteiger partial charge in [0, 0.05) is 5.56 Å². The number of carbonyl (C=O) groups excluding carboxylic acids is 1. The van der Waals surface area contributed by atoms with Crippen LogP contribution < -0.4 is 5.32 Å². The molecular weight excluding hydrogens is 382 g/mol. The molecule has 4 aromatic rings. The number of nitrogens with one attached hydrogen (secondary N) is 1. The Kier molecular flexibility index (Phi) is 5.10. The highest BCUT2D eigenvalue weighted by Crippen LogP contribution is 2.23. The number of fused-ring (bicyclic) bond motifs is 1. The second kappa shape index (κ2) is 7.87. The van der Waals surface area contributed by atoms with Gasteiger partial charge in [-0.1, -0.05) is 29.8 Å². The topological polar surface area (TPSA) is 97.4 Å². The predicted molar refractivity (Wildman–Crippen MR) is 112 cm³/mol. The summed E-state index contributed by atoms with van der Waals surface area (Å²) in [5, 5.41) is 12.1. The van der Waals surface area contributed by atoms with E-state index in [2.05, 4.69) is 5.32 Å². The largest absolute Gasteiger partial charge is 0.475 e. The molecule has 4 rings (SSSR count). The molecule has 0 aliphatic heterocycles. The van der Waals surface area contributed by atoms with Gasteiger partial charge in [-0.15, -0.1) is 0 Å². The third kappa shape index (κ3) is 3.82. The van der Waals surface area contributed by atoms with Gasteiger partial charge in [0.2, 0.25) is 5.76 Å². The molecule has 0 aliphatic rings. The van der Waals surface area contributed by atoms with Crippen molar-refractivity contribution in [1.29, 1.82) is 0 Å². The molecule has 0 saturated heterocycles. The van der Waals surface area contributed by atoms with Crippen LogP contribution in [0.4, 0.5) is 0 Å². The summed E-state index contributed by atoms with van der Waals surface area (Å²) in [5.74, 6) is -0.265. The number of nitrogens with zero attached hydrogens (tertiary/aromatic N) is 2. The van der Waals surface area contributed by atoms with Gasteiger partial charge in [-0.3, -0.25) is 4.79 Å². The van der Waals surface area contributed by atoms with Crippen molar-refractivity contribution in [3.63, 3.8) is 0 Å². The average molecular weight is 403 g/mol. The zero-order valence-electron chi connectivity index (χ0n) is 16.6. The molecule has 0 radical (unpaired) electrons. The minimum absolute atomic E-state index is 0.114. The Balaban J connectivity index is 1.65. The summed E-state index contributed by atoms with van der Waals surface area (Å²) in [7, 11) is 0. The maximum Gasteiger partial charge on any atom is 0.371 e. The molecule has 0 bridgehead atoms. The van der Waals surface area contributed by atoms with Crippen LogP contribution in [0.25, 0.3) is 11.0 Å². The van der Waals surface area contributed by atoms with Crippen molar-refractivity contribution in [2.75, 3.05) is 0 Å². The van der Waals surface area contributed by atoms with Gasteiger partial charge in [0.25, 0.3) is 5.91 Å². The summed E-state index contributed by atoms with van der Waals surface area (Å²) < 4.78 is 7.36. The molecule has 2 heterocycles. The Hall–Kier alpha value is -3.87. The first kappa shape index (κ1) is 19.4. The number of benzene rings is 2. The van der Waals surface area contributed by atoms with Crippen molar-refractivity contribution in [1.82, 2.24) is 14.9 Å². The van der Waals surface area contributed by atoms with E-state index < -0.39 is 5.97 Å². The molecule has 1 unspecified atom stereocenters. The smallest absolute Gasteiger partial charge is 0.371 e. The fourth-order valence-corrected chi connectivity index (χ4v) is 3.37. The molecule has 152 valence electrons. The highest BCUT2D eigenvalue weighted by atomic mass is 16.4. The third-order valence-electron chi connectivity index (χ3n) is 4.92. The quantitative estimate of drug-likeness (QED) is 0.503. The number of hydrogen-bond donors (Lipinski definition) is 2.